The van der Waals surface area contributed by atoms with Crippen LogP contribution in [0.15, 0.2) is 77.5 Å². The highest BCUT2D eigenvalue weighted by molar-refractivity contribution is 7.80. The van der Waals surface area contributed by atoms with Gasteiger partial charge in [-0.25, -0.2) is 0 Å². The Hall–Kier alpha value is -3.38. The van der Waals surface area contributed by atoms with Gasteiger partial charge in [0.15, 0.2) is 5.11 Å². The summed E-state index contributed by atoms with van der Waals surface area (Å²) < 4.78 is 7.92. The molecule has 4 aromatic rings. The topological polar surface area (TPSA) is 46.2 Å². The molecule has 0 amide bonds. The number of benzene rings is 1. The molecule has 4 heterocycles. The predicted octanol–water partition coefficient (Wildman–Crippen LogP) is 5.63. The minimum absolute atomic E-state index is 0.0170. The summed E-state index contributed by atoms with van der Waals surface area (Å²) in [5.41, 5.74) is 6.90. The van der Waals surface area contributed by atoms with Gasteiger partial charge in [0.1, 0.15) is 5.76 Å². The van der Waals surface area contributed by atoms with Crippen molar-refractivity contribution in [1.29, 1.82) is 0 Å². The van der Waals surface area contributed by atoms with Crippen molar-refractivity contribution >= 4 is 23.0 Å². The molecule has 0 saturated carbocycles. The zero-order chi connectivity index (χ0) is 22.2. The molecule has 1 aromatic carbocycles. The van der Waals surface area contributed by atoms with Crippen molar-refractivity contribution in [3.63, 3.8) is 0 Å². The molecular weight excluding hydrogens is 416 g/mol. The third kappa shape index (κ3) is 3.60. The maximum absolute atomic E-state index is 5.85. The van der Waals surface area contributed by atoms with Crippen LogP contribution in [-0.4, -0.2) is 14.7 Å². The SMILES string of the molecule is Cc1ccc(N2C(=S)NC(c3ccccn3)C2c2cc(C)n(Cc3ccco3)c2C)cc1. The number of pyridine rings is 1. The average molecular weight is 443 g/mol. The third-order valence-electron chi connectivity index (χ3n) is 6.24. The molecule has 3 aromatic heterocycles. The van der Waals surface area contributed by atoms with Gasteiger partial charge < -0.3 is 19.2 Å². The molecule has 1 aliphatic heterocycles. The molecule has 5 nitrogen and oxygen atoms in total. The number of rotatable bonds is 5. The van der Waals surface area contributed by atoms with E-state index in [4.69, 9.17) is 16.6 Å². The van der Waals surface area contributed by atoms with Crippen molar-refractivity contribution in [3.8, 4) is 0 Å². The van der Waals surface area contributed by atoms with Crippen LogP contribution < -0.4 is 10.2 Å². The molecule has 2 atom stereocenters. The molecule has 5 rings (SSSR count). The van der Waals surface area contributed by atoms with E-state index < -0.39 is 0 Å². The molecule has 6 heteroatoms. The molecule has 32 heavy (non-hydrogen) atoms. The van der Waals surface area contributed by atoms with E-state index in [9.17, 15) is 0 Å². The number of aryl methyl sites for hydroxylation is 2. The Morgan fingerprint density at radius 3 is 2.53 bits per heavy atom. The smallest absolute Gasteiger partial charge is 0.174 e. The summed E-state index contributed by atoms with van der Waals surface area (Å²) in [6, 6.07) is 20.7. The summed E-state index contributed by atoms with van der Waals surface area (Å²) >= 11 is 5.85. The first-order valence-electron chi connectivity index (χ1n) is 10.8. The molecule has 1 N–H and O–H groups in total. The quantitative estimate of drug-likeness (QED) is 0.406. The van der Waals surface area contributed by atoms with Crippen LogP contribution in [0, 0.1) is 20.8 Å². The molecule has 0 spiro atoms. The number of thiocarbonyl (C=S) groups is 1. The number of hydrogen-bond acceptors (Lipinski definition) is 3. The van der Waals surface area contributed by atoms with Crippen molar-refractivity contribution in [2.24, 2.45) is 0 Å². The molecule has 1 aliphatic rings. The highest BCUT2D eigenvalue weighted by atomic mass is 32.1. The number of nitrogens with zero attached hydrogens (tertiary/aromatic N) is 3. The van der Waals surface area contributed by atoms with Gasteiger partial charge in [-0.05, 0) is 81.0 Å². The van der Waals surface area contributed by atoms with Gasteiger partial charge in [-0.15, -0.1) is 0 Å². The van der Waals surface area contributed by atoms with Crippen molar-refractivity contribution in [1.82, 2.24) is 14.9 Å². The van der Waals surface area contributed by atoms with Gasteiger partial charge in [0.25, 0.3) is 0 Å². The lowest BCUT2D eigenvalue weighted by molar-refractivity contribution is 0.488. The number of nitrogens with one attached hydrogen (secondary N) is 1. The Labute approximate surface area is 193 Å². The number of anilines is 1. The van der Waals surface area contributed by atoms with Crippen molar-refractivity contribution in [2.75, 3.05) is 4.90 Å². The highest BCUT2D eigenvalue weighted by Gasteiger charge is 2.42. The Morgan fingerprint density at radius 1 is 1.03 bits per heavy atom. The second kappa shape index (κ2) is 8.28. The maximum Gasteiger partial charge on any atom is 0.174 e. The van der Waals surface area contributed by atoms with Gasteiger partial charge in [0.05, 0.1) is 30.6 Å². The molecule has 1 fully saturated rings. The van der Waals surface area contributed by atoms with E-state index in [0.717, 1.165) is 17.1 Å². The van der Waals surface area contributed by atoms with E-state index >= 15 is 0 Å². The first-order chi connectivity index (χ1) is 15.5. The fourth-order valence-electron chi connectivity index (χ4n) is 4.58. The largest absolute Gasteiger partial charge is 0.467 e. The molecule has 2 unspecified atom stereocenters. The van der Waals surface area contributed by atoms with E-state index in [2.05, 4.69) is 76.9 Å². The lowest BCUT2D eigenvalue weighted by Crippen LogP contribution is -2.29. The monoisotopic (exact) mass is 442 g/mol. The van der Waals surface area contributed by atoms with E-state index in [1.807, 2.05) is 30.5 Å². The molecule has 0 radical (unpaired) electrons. The summed E-state index contributed by atoms with van der Waals surface area (Å²) in [5.74, 6) is 0.940. The van der Waals surface area contributed by atoms with Crippen LogP contribution in [0.2, 0.25) is 0 Å². The summed E-state index contributed by atoms with van der Waals surface area (Å²) in [6.07, 6.45) is 3.56. The van der Waals surface area contributed by atoms with Crippen LogP contribution in [0.25, 0.3) is 0 Å². The fraction of sp³-hybridized carbons (Fsp3) is 0.231. The Bertz CT molecular complexity index is 1230. The van der Waals surface area contributed by atoms with E-state index in [1.54, 1.807) is 6.26 Å². The number of hydrogen-bond donors (Lipinski definition) is 1. The van der Waals surface area contributed by atoms with Crippen molar-refractivity contribution < 1.29 is 4.42 Å². The van der Waals surface area contributed by atoms with Crippen molar-refractivity contribution in [2.45, 2.75) is 39.4 Å². The van der Waals surface area contributed by atoms with Gasteiger partial charge in [-0.1, -0.05) is 23.8 Å². The van der Waals surface area contributed by atoms with Crippen LogP contribution in [0.3, 0.4) is 0 Å². The Morgan fingerprint density at radius 2 is 1.84 bits per heavy atom. The lowest BCUT2D eigenvalue weighted by atomic mass is 9.96. The number of aromatic nitrogens is 2. The normalized spacial score (nSPS) is 18.2. The summed E-state index contributed by atoms with van der Waals surface area (Å²) in [5, 5.41) is 4.26. The second-order valence-electron chi connectivity index (χ2n) is 8.32. The lowest BCUT2D eigenvalue weighted by Gasteiger charge is -2.28. The van der Waals surface area contributed by atoms with Gasteiger partial charge >= 0.3 is 0 Å². The zero-order valence-electron chi connectivity index (χ0n) is 18.4. The van der Waals surface area contributed by atoms with Crippen LogP contribution in [0.5, 0.6) is 0 Å². The molecule has 0 bridgehead atoms. The Balaban J connectivity index is 1.62. The second-order valence-corrected chi connectivity index (χ2v) is 8.71. The van der Waals surface area contributed by atoms with E-state index in [-0.39, 0.29) is 12.1 Å². The van der Waals surface area contributed by atoms with Crippen LogP contribution >= 0.6 is 12.2 Å². The molecular formula is C26H26N4OS. The zero-order valence-corrected chi connectivity index (χ0v) is 19.3. The van der Waals surface area contributed by atoms with Crippen LogP contribution in [0.4, 0.5) is 5.69 Å². The Kier molecular flexibility index (Phi) is 5.31. The van der Waals surface area contributed by atoms with Crippen LogP contribution in [0.1, 0.15) is 46.1 Å². The highest BCUT2D eigenvalue weighted by Crippen LogP contribution is 2.43. The van der Waals surface area contributed by atoms with Gasteiger partial charge in [-0.2, -0.15) is 0 Å². The first-order valence-corrected chi connectivity index (χ1v) is 11.2. The minimum atomic E-state index is -0.0532. The first kappa shape index (κ1) is 20.5. The molecule has 1 saturated heterocycles. The molecule has 0 aliphatic carbocycles. The van der Waals surface area contributed by atoms with Gasteiger partial charge in [0, 0.05) is 23.3 Å². The molecule has 162 valence electrons. The number of furan rings is 1. The summed E-state index contributed by atoms with van der Waals surface area (Å²) in [6.45, 7) is 7.12. The van der Waals surface area contributed by atoms with Gasteiger partial charge in [0.2, 0.25) is 0 Å². The van der Waals surface area contributed by atoms with Crippen LogP contribution in [-0.2, 0) is 6.54 Å². The van der Waals surface area contributed by atoms with Gasteiger partial charge in [-0.3, -0.25) is 4.98 Å². The fourth-order valence-corrected chi connectivity index (χ4v) is 4.93. The predicted molar refractivity (Wildman–Crippen MR) is 131 cm³/mol. The maximum atomic E-state index is 5.85. The van der Waals surface area contributed by atoms with E-state index in [1.165, 1.54) is 22.5 Å². The summed E-state index contributed by atoms with van der Waals surface area (Å²) in [4.78, 5) is 6.89. The standard InChI is InChI=1S/C26H26N4OS/c1-17-9-11-20(12-10-17)30-25(24(28-26(30)32)23-8-4-5-13-27-23)22-15-18(2)29(19(22)3)16-21-7-6-14-31-21/h4-15,24-25H,16H2,1-3H3,(H,28,32). The minimum Gasteiger partial charge on any atom is -0.467 e. The summed E-state index contributed by atoms with van der Waals surface area (Å²) in [7, 11) is 0. The van der Waals surface area contributed by atoms with Crippen molar-refractivity contribution in [3.05, 3.63) is 107 Å². The van der Waals surface area contributed by atoms with E-state index in [0.29, 0.717) is 11.7 Å². The third-order valence-corrected chi connectivity index (χ3v) is 6.55. The average Bonchev–Trinajstić information content (AvgIpc) is 3.50.